The monoisotopic (exact) mass is 373 g/mol. The number of amides is 2. The fourth-order valence-electron chi connectivity index (χ4n) is 3.01. The van der Waals surface area contributed by atoms with E-state index in [2.05, 4.69) is 10.3 Å². The highest BCUT2D eigenvalue weighted by Gasteiger charge is 2.19. The van der Waals surface area contributed by atoms with Gasteiger partial charge < -0.3 is 10.2 Å². The fourth-order valence-corrected chi connectivity index (χ4v) is 3.01. The van der Waals surface area contributed by atoms with Crippen LogP contribution in [0, 0.1) is 0 Å². The lowest BCUT2D eigenvalue weighted by Gasteiger charge is -2.20. The van der Waals surface area contributed by atoms with Crippen molar-refractivity contribution >= 4 is 23.2 Å². The van der Waals surface area contributed by atoms with Gasteiger partial charge in [0.15, 0.2) is 0 Å². The highest BCUT2D eigenvalue weighted by molar-refractivity contribution is 6.07. The van der Waals surface area contributed by atoms with Crippen LogP contribution in [-0.4, -0.2) is 23.3 Å². The summed E-state index contributed by atoms with van der Waals surface area (Å²) in [6.45, 7) is 4.44. The van der Waals surface area contributed by atoms with Crippen molar-refractivity contribution in [2.24, 2.45) is 0 Å². The summed E-state index contributed by atoms with van der Waals surface area (Å²) >= 11 is 0. The quantitative estimate of drug-likeness (QED) is 0.689. The number of hydrogen-bond donors (Lipinski definition) is 1. The van der Waals surface area contributed by atoms with Crippen LogP contribution in [0.5, 0.6) is 0 Å². The molecule has 0 bridgehead atoms. The first-order valence-electron chi connectivity index (χ1n) is 9.37. The predicted octanol–water partition coefficient (Wildman–Crippen LogP) is 4.56. The van der Waals surface area contributed by atoms with Crippen molar-refractivity contribution in [2.45, 2.75) is 20.3 Å². The first kappa shape index (κ1) is 19.3. The molecule has 2 amide bonds. The first-order chi connectivity index (χ1) is 13.6. The summed E-state index contributed by atoms with van der Waals surface area (Å²) in [6.07, 6.45) is 0.810. The van der Waals surface area contributed by atoms with Crippen LogP contribution in [0.25, 0.3) is 0 Å². The zero-order chi connectivity index (χ0) is 19.9. The van der Waals surface area contributed by atoms with Gasteiger partial charge in [0.25, 0.3) is 11.8 Å². The molecular weight excluding hydrogens is 350 g/mol. The van der Waals surface area contributed by atoms with Crippen molar-refractivity contribution < 1.29 is 9.59 Å². The minimum Gasteiger partial charge on any atom is -0.320 e. The smallest absolute Gasteiger partial charge is 0.276 e. The molecule has 0 aliphatic rings. The number of nitrogens with one attached hydrogen (secondary N) is 1. The first-order valence-corrected chi connectivity index (χ1v) is 9.37. The van der Waals surface area contributed by atoms with Crippen molar-refractivity contribution in [2.75, 3.05) is 16.8 Å². The summed E-state index contributed by atoms with van der Waals surface area (Å²) in [6, 6.07) is 22.0. The van der Waals surface area contributed by atoms with Crippen LogP contribution >= 0.6 is 0 Å². The molecule has 0 saturated heterocycles. The average Bonchev–Trinajstić information content (AvgIpc) is 2.75. The van der Waals surface area contributed by atoms with Gasteiger partial charge in [-0.3, -0.25) is 9.59 Å². The van der Waals surface area contributed by atoms with Gasteiger partial charge in [0.05, 0.1) is 0 Å². The Hall–Kier alpha value is -3.47. The van der Waals surface area contributed by atoms with E-state index in [0.717, 1.165) is 23.4 Å². The van der Waals surface area contributed by atoms with Gasteiger partial charge >= 0.3 is 0 Å². The zero-order valence-corrected chi connectivity index (χ0v) is 16.1. The Kier molecular flexibility index (Phi) is 6.17. The molecule has 3 aromatic rings. The molecule has 0 radical (unpaired) electrons. The van der Waals surface area contributed by atoms with Gasteiger partial charge in [0, 0.05) is 17.9 Å². The maximum atomic E-state index is 12.9. The van der Waals surface area contributed by atoms with Crippen molar-refractivity contribution in [3.05, 3.63) is 89.7 Å². The Morgan fingerprint density at radius 1 is 0.857 bits per heavy atom. The molecule has 5 heteroatoms. The summed E-state index contributed by atoms with van der Waals surface area (Å²) in [4.78, 5) is 31.6. The van der Waals surface area contributed by atoms with Gasteiger partial charge in [-0.15, -0.1) is 0 Å². The van der Waals surface area contributed by atoms with Gasteiger partial charge in [0.2, 0.25) is 0 Å². The predicted molar refractivity (Wildman–Crippen MR) is 112 cm³/mol. The second kappa shape index (κ2) is 8.95. The Balaban J connectivity index is 1.83. The number of carbonyl (C=O) groups is 2. The summed E-state index contributed by atoms with van der Waals surface area (Å²) in [7, 11) is 0. The third-order valence-electron chi connectivity index (χ3n) is 4.48. The summed E-state index contributed by atoms with van der Waals surface area (Å²) in [5.74, 6) is -0.574. The number of aryl methyl sites for hydroxylation is 1. The number of pyridine rings is 1. The van der Waals surface area contributed by atoms with Crippen LogP contribution in [0.4, 0.5) is 11.4 Å². The molecule has 28 heavy (non-hydrogen) atoms. The standard InChI is InChI=1S/C23H23N3O2/c1-3-17-11-8-9-14-19(17)25-22(27)20-15-10-16-21(24-20)23(28)26(4-2)18-12-6-5-7-13-18/h5-16H,3-4H2,1-2H3,(H,25,27). The van der Waals surface area contributed by atoms with E-state index in [1.165, 1.54) is 0 Å². The SMILES string of the molecule is CCc1ccccc1NC(=O)c1cccc(C(=O)N(CC)c2ccccc2)n1. The Bertz CT molecular complexity index is 970. The molecule has 5 nitrogen and oxygen atoms in total. The molecule has 0 saturated carbocycles. The second-order valence-corrected chi connectivity index (χ2v) is 6.26. The normalized spacial score (nSPS) is 10.4. The number of para-hydroxylation sites is 2. The summed E-state index contributed by atoms with van der Waals surface area (Å²) in [5.41, 5.74) is 3.05. The van der Waals surface area contributed by atoms with Crippen LogP contribution in [0.1, 0.15) is 40.4 Å². The number of nitrogens with zero attached hydrogens (tertiary/aromatic N) is 2. The Labute approximate surface area is 165 Å². The minimum absolute atomic E-state index is 0.209. The maximum Gasteiger partial charge on any atom is 0.276 e. The molecule has 0 spiro atoms. The van der Waals surface area contributed by atoms with Crippen LogP contribution in [0.2, 0.25) is 0 Å². The van der Waals surface area contributed by atoms with Gasteiger partial charge in [-0.2, -0.15) is 0 Å². The molecule has 3 rings (SSSR count). The van der Waals surface area contributed by atoms with Gasteiger partial charge in [-0.25, -0.2) is 4.98 Å². The molecule has 0 aliphatic heterocycles. The second-order valence-electron chi connectivity index (χ2n) is 6.26. The Morgan fingerprint density at radius 2 is 1.54 bits per heavy atom. The van der Waals surface area contributed by atoms with E-state index in [1.807, 2.05) is 68.4 Å². The van der Waals surface area contributed by atoms with Gasteiger partial charge in [-0.05, 0) is 49.2 Å². The molecular formula is C23H23N3O2. The Morgan fingerprint density at radius 3 is 2.25 bits per heavy atom. The van der Waals surface area contributed by atoms with E-state index in [9.17, 15) is 9.59 Å². The molecule has 0 unspecified atom stereocenters. The van der Waals surface area contributed by atoms with Crippen molar-refractivity contribution in [3.63, 3.8) is 0 Å². The van der Waals surface area contributed by atoms with E-state index >= 15 is 0 Å². The summed E-state index contributed by atoms with van der Waals surface area (Å²) in [5, 5.41) is 2.89. The lowest BCUT2D eigenvalue weighted by atomic mass is 10.1. The zero-order valence-electron chi connectivity index (χ0n) is 16.1. The molecule has 0 fully saturated rings. The van der Waals surface area contributed by atoms with Gasteiger partial charge in [0.1, 0.15) is 11.4 Å². The van der Waals surface area contributed by atoms with Crippen LogP contribution in [-0.2, 0) is 6.42 Å². The summed E-state index contributed by atoms with van der Waals surface area (Å²) < 4.78 is 0. The molecule has 1 N–H and O–H groups in total. The minimum atomic E-state index is -0.335. The number of carbonyl (C=O) groups excluding carboxylic acids is 2. The van der Waals surface area contributed by atoms with Crippen molar-refractivity contribution in [3.8, 4) is 0 Å². The maximum absolute atomic E-state index is 12.9. The topological polar surface area (TPSA) is 62.3 Å². The molecule has 2 aromatic carbocycles. The van der Waals surface area contributed by atoms with Crippen LogP contribution < -0.4 is 10.2 Å². The van der Waals surface area contributed by atoms with E-state index in [1.54, 1.807) is 23.1 Å². The molecule has 0 atom stereocenters. The number of hydrogen-bond acceptors (Lipinski definition) is 3. The number of anilines is 2. The van der Waals surface area contributed by atoms with Crippen molar-refractivity contribution in [1.29, 1.82) is 0 Å². The third-order valence-corrected chi connectivity index (χ3v) is 4.48. The number of rotatable bonds is 6. The van der Waals surface area contributed by atoms with E-state index in [-0.39, 0.29) is 23.2 Å². The van der Waals surface area contributed by atoms with E-state index in [0.29, 0.717) is 6.54 Å². The average molecular weight is 373 g/mol. The lowest BCUT2D eigenvalue weighted by molar-refractivity contribution is 0.0983. The molecule has 1 heterocycles. The highest BCUT2D eigenvalue weighted by atomic mass is 16.2. The third kappa shape index (κ3) is 4.26. The number of aromatic nitrogens is 1. The highest BCUT2D eigenvalue weighted by Crippen LogP contribution is 2.18. The lowest BCUT2D eigenvalue weighted by Crippen LogP contribution is -2.31. The molecule has 1 aromatic heterocycles. The van der Waals surface area contributed by atoms with E-state index < -0.39 is 0 Å². The van der Waals surface area contributed by atoms with Crippen molar-refractivity contribution in [1.82, 2.24) is 4.98 Å². The van der Waals surface area contributed by atoms with Crippen LogP contribution in [0.3, 0.4) is 0 Å². The largest absolute Gasteiger partial charge is 0.320 e. The van der Waals surface area contributed by atoms with Crippen LogP contribution in [0.15, 0.2) is 72.8 Å². The fraction of sp³-hybridized carbons (Fsp3) is 0.174. The molecule has 142 valence electrons. The molecule has 0 aliphatic carbocycles. The number of benzene rings is 2. The van der Waals surface area contributed by atoms with E-state index in [4.69, 9.17) is 0 Å². The van der Waals surface area contributed by atoms with Gasteiger partial charge in [-0.1, -0.05) is 49.4 Å².